The summed E-state index contributed by atoms with van der Waals surface area (Å²) in [6, 6.07) is 78.7. The Hall–Kier alpha value is -7.26. The smallest absolute Gasteiger partial charge is 0.0540 e. The largest absolute Gasteiger partial charge is 0.310 e. The molecule has 0 atom stereocenters. The molecule has 1 nitrogen and oxygen atoms in total. The Kier molecular flexibility index (Phi) is 8.13. The first-order valence-corrected chi connectivity index (χ1v) is 22.0. The van der Waals surface area contributed by atoms with Crippen LogP contribution in [0.25, 0.3) is 86.2 Å². The van der Waals surface area contributed by atoms with Crippen LogP contribution in [0, 0.1) is 0 Å². The van der Waals surface area contributed by atoms with Crippen molar-refractivity contribution in [2.75, 3.05) is 4.90 Å². The van der Waals surface area contributed by atoms with E-state index >= 15 is 0 Å². The highest BCUT2D eigenvalue weighted by atomic mass is 32.1. The number of hydrogen-bond donors (Lipinski definition) is 0. The minimum atomic E-state index is -0.220. The van der Waals surface area contributed by atoms with Gasteiger partial charge in [-0.1, -0.05) is 166 Å². The number of nitrogens with zero attached hydrogens (tertiary/aromatic N) is 1. The van der Waals surface area contributed by atoms with Crippen LogP contribution in [0.4, 0.5) is 17.1 Å². The second-order valence-corrected chi connectivity index (χ2v) is 18.0. The lowest BCUT2D eigenvalue weighted by molar-refractivity contribution is 0.660. The molecule has 0 N–H and O–H groups in total. The molecule has 2 heteroatoms. The van der Waals surface area contributed by atoms with E-state index in [0.717, 1.165) is 17.1 Å². The molecular weight excluding hydrogens is 755 g/mol. The number of para-hydroxylation sites is 1. The lowest BCUT2D eigenvalue weighted by Gasteiger charge is -2.30. The van der Waals surface area contributed by atoms with Crippen molar-refractivity contribution in [2.45, 2.75) is 19.3 Å². The number of thiophene rings is 1. The van der Waals surface area contributed by atoms with Crippen LogP contribution < -0.4 is 4.90 Å². The van der Waals surface area contributed by atoms with E-state index in [1.165, 1.54) is 97.4 Å². The summed E-state index contributed by atoms with van der Waals surface area (Å²) in [6.45, 7) is 4.79. The maximum Gasteiger partial charge on any atom is 0.0540 e. The van der Waals surface area contributed by atoms with Crippen molar-refractivity contribution in [1.29, 1.82) is 0 Å². The van der Waals surface area contributed by atoms with Crippen LogP contribution in [-0.4, -0.2) is 0 Å². The molecule has 0 saturated carbocycles. The molecule has 0 saturated heterocycles. The van der Waals surface area contributed by atoms with E-state index in [2.05, 4.69) is 231 Å². The molecule has 1 aromatic heterocycles. The first kappa shape index (κ1) is 35.7. The van der Waals surface area contributed by atoms with Gasteiger partial charge in [-0.25, -0.2) is 0 Å². The highest BCUT2D eigenvalue weighted by molar-refractivity contribution is 7.25. The molecule has 10 aromatic carbocycles. The van der Waals surface area contributed by atoms with Crippen molar-refractivity contribution >= 4 is 70.1 Å². The Balaban J connectivity index is 0.977. The van der Waals surface area contributed by atoms with E-state index < -0.39 is 0 Å². The average Bonchev–Trinajstić information content (AvgIpc) is 3.80. The molecule has 0 amide bonds. The predicted octanol–water partition coefficient (Wildman–Crippen LogP) is 17.1. The summed E-state index contributed by atoms with van der Waals surface area (Å²) < 4.78 is 2.66. The lowest BCUT2D eigenvalue weighted by Crippen LogP contribution is -2.17. The zero-order valence-corrected chi connectivity index (χ0v) is 34.9. The van der Waals surface area contributed by atoms with E-state index in [-0.39, 0.29) is 5.41 Å². The highest BCUT2D eigenvalue weighted by Crippen LogP contribution is 2.53. The van der Waals surface area contributed by atoms with Gasteiger partial charge in [0.2, 0.25) is 0 Å². The second-order valence-electron chi connectivity index (χ2n) is 16.9. The molecule has 288 valence electrons. The van der Waals surface area contributed by atoms with Crippen molar-refractivity contribution in [2.24, 2.45) is 0 Å². The van der Waals surface area contributed by atoms with Gasteiger partial charge in [0, 0.05) is 42.5 Å². The SMILES string of the molecule is CC1(C)c2cc(-c3cc4ccccc4c4ccccc34)ccc2-c2ccc(N(c3ccc(-c4ccc5sc6ccccc6c5c4)cc3)c3ccccc3-c3ccccc3)cc21. The zero-order valence-electron chi connectivity index (χ0n) is 34.1. The molecule has 0 aliphatic heterocycles. The fraction of sp³-hybridized carbons (Fsp3) is 0.0508. The zero-order chi connectivity index (χ0) is 40.7. The first-order chi connectivity index (χ1) is 30.0. The van der Waals surface area contributed by atoms with E-state index in [9.17, 15) is 0 Å². The van der Waals surface area contributed by atoms with Crippen LogP contribution in [0.2, 0.25) is 0 Å². The molecular formula is C59H41NS. The molecule has 0 spiro atoms. The number of rotatable bonds is 6. The first-order valence-electron chi connectivity index (χ1n) is 21.2. The van der Waals surface area contributed by atoms with E-state index in [1.807, 2.05) is 11.3 Å². The van der Waals surface area contributed by atoms with Crippen LogP contribution >= 0.6 is 11.3 Å². The van der Waals surface area contributed by atoms with Crippen molar-refractivity contribution in [3.8, 4) is 44.5 Å². The molecule has 61 heavy (non-hydrogen) atoms. The standard InChI is InChI=1S/C59H41NS/c1-59(2)54-36-42(52-35-41-16-6-7-17-45(41)47-19-8-9-20-48(47)52)26-31-49(54)50-32-30-44(37-55(50)59)60(56-22-12-10-18-46(56)39-14-4-3-5-15-39)43-28-24-38(25-29-43)40-27-33-58-53(34-40)51-21-11-13-23-57(51)61-58/h3-37H,1-2H3. The quantitative estimate of drug-likeness (QED) is 0.152. The van der Waals surface area contributed by atoms with Gasteiger partial charge < -0.3 is 4.90 Å². The Bertz CT molecular complexity index is 3500. The monoisotopic (exact) mass is 795 g/mol. The summed E-state index contributed by atoms with van der Waals surface area (Å²) in [6.07, 6.45) is 0. The van der Waals surface area contributed by atoms with Crippen molar-refractivity contribution < 1.29 is 0 Å². The molecule has 1 heterocycles. The van der Waals surface area contributed by atoms with Crippen LogP contribution in [0.1, 0.15) is 25.0 Å². The van der Waals surface area contributed by atoms with Crippen LogP contribution in [0.15, 0.2) is 212 Å². The van der Waals surface area contributed by atoms with Gasteiger partial charge in [-0.2, -0.15) is 0 Å². The predicted molar refractivity (Wildman–Crippen MR) is 263 cm³/mol. The summed E-state index contributed by atoms with van der Waals surface area (Å²) in [5.74, 6) is 0. The van der Waals surface area contributed by atoms with E-state index in [1.54, 1.807) is 0 Å². The Morgan fingerprint density at radius 1 is 0.344 bits per heavy atom. The van der Waals surface area contributed by atoms with Gasteiger partial charge in [0.25, 0.3) is 0 Å². The minimum absolute atomic E-state index is 0.220. The third-order valence-corrected chi connectivity index (χ3v) is 14.2. The summed E-state index contributed by atoms with van der Waals surface area (Å²) in [5.41, 5.74) is 15.9. The molecule has 12 rings (SSSR count). The fourth-order valence-corrected chi connectivity index (χ4v) is 11.1. The maximum absolute atomic E-state index is 2.46. The van der Waals surface area contributed by atoms with Gasteiger partial charge in [0.1, 0.15) is 0 Å². The lowest BCUT2D eigenvalue weighted by atomic mass is 9.81. The third kappa shape index (κ3) is 5.74. The number of hydrogen-bond acceptors (Lipinski definition) is 2. The van der Waals surface area contributed by atoms with Crippen molar-refractivity contribution in [3.63, 3.8) is 0 Å². The third-order valence-electron chi connectivity index (χ3n) is 13.1. The van der Waals surface area contributed by atoms with Crippen molar-refractivity contribution in [1.82, 2.24) is 0 Å². The second kappa shape index (κ2) is 13.9. The van der Waals surface area contributed by atoms with E-state index in [0.29, 0.717) is 0 Å². The van der Waals surface area contributed by atoms with Gasteiger partial charge in [0.15, 0.2) is 0 Å². The van der Waals surface area contributed by atoms with Crippen LogP contribution in [0.5, 0.6) is 0 Å². The topological polar surface area (TPSA) is 3.24 Å². The van der Waals surface area contributed by atoms with E-state index in [4.69, 9.17) is 0 Å². The highest BCUT2D eigenvalue weighted by Gasteiger charge is 2.36. The van der Waals surface area contributed by atoms with Gasteiger partial charge in [-0.3, -0.25) is 0 Å². The summed E-state index contributed by atoms with van der Waals surface area (Å²) in [7, 11) is 0. The normalized spacial score (nSPS) is 12.9. The molecule has 1 aliphatic rings. The van der Waals surface area contributed by atoms with Crippen LogP contribution in [-0.2, 0) is 5.41 Å². The maximum atomic E-state index is 2.46. The minimum Gasteiger partial charge on any atom is -0.310 e. The van der Waals surface area contributed by atoms with Crippen LogP contribution in [0.3, 0.4) is 0 Å². The molecule has 0 radical (unpaired) electrons. The summed E-state index contributed by atoms with van der Waals surface area (Å²) in [4.78, 5) is 2.45. The molecule has 0 unspecified atom stereocenters. The molecule has 11 aromatic rings. The number of benzene rings is 10. The molecule has 0 bridgehead atoms. The number of anilines is 3. The fourth-order valence-electron chi connectivity index (χ4n) is 9.99. The van der Waals surface area contributed by atoms with Gasteiger partial charge in [0.05, 0.1) is 5.69 Å². The summed E-state index contributed by atoms with van der Waals surface area (Å²) >= 11 is 1.86. The van der Waals surface area contributed by atoms with Gasteiger partial charge >= 0.3 is 0 Å². The summed E-state index contributed by atoms with van der Waals surface area (Å²) in [5, 5.41) is 7.79. The Morgan fingerprint density at radius 2 is 0.951 bits per heavy atom. The Labute approximate surface area is 360 Å². The Morgan fingerprint density at radius 3 is 1.79 bits per heavy atom. The van der Waals surface area contributed by atoms with Crippen molar-refractivity contribution in [3.05, 3.63) is 223 Å². The van der Waals surface area contributed by atoms with Gasteiger partial charge in [-0.05, 0) is 132 Å². The molecule has 1 aliphatic carbocycles. The molecule has 0 fully saturated rings. The number of fused-ring (bicyclic) bond motifs is 9. The van der Waals surface area contributed by atoms with Gasteiger partial charge in [-0.15, -0.1) is 11.3 Å². The average molecular weight is 796 g/mol.